The number of thiophene rings is 1. The zero-order valence-electron chi connectivity index (χ0n) is 11.8. The normalized spacial score (nSPS) is 11.3. The fourth-order valence-corrected chi connectivity index (χ4v) is 2.52. The average Bonchev–Trinajstić information content (AvgIpc) is 2.85. The summed E-state index contributed by atoms with van der Waals surface area (Å²) >= 11 is 1.22. The highest BCUT2D eigenvalue weighted by molar-refractivity contribution is 7.12. The molecule has 0 aliphatic carbocycles. The van der Waals surface area contributed by atoms with Crippen molar-refractivity contribution in [1.82, 2.24) is 0 Å². The Hall–Kier alpha value is -1.81. The highest BCUT2D eigenvalue weighted by atomic mass is 32.1. The number of hydrogen-bond donors (Lipinski definition) is 1. The van der Waals surface area contributed by atoms with Crippen LogP contribution in [0, 0.1) is 0 Å². The molecule has 0 atom stereocenters. The molecule has 0 aliphatic heterocycles. The second-order valence-electron chi connectivity index (χ2n) is 5.69. The lowest BCUT2D eigenvalue weighted by molar-refractivity contribution is 0.0702. The van der Waals surface area contributed by atoms with E-state index in [4.69, 9.17) is 9.84 Å². The molecule has 0 amide bonds. The minimum absolute atomic E-state index is 0.127. The van der Waals surface area contributed by atoms with Gasteiger partial charge in [0.15, 0.2) is 0 Å². The Labute approximate surface area is 122 Å². The molecular formula is C16H18O3S. The average molecular weight is 290 g/mol. The van der Waals surface area contributed by atoms with E-state index in [1.165, 1.54) is 16.9 Å². The van der Waals surface area contributed by atoms with E-state index in [9.17, 15) is 4.79 Å². The lowest BCUT2D eigenvalue weighted by Crippen LogP contribution is -2.10. The second-order valence-corrected chi connectivity index (χ2v) is 6.60. The summed E-state index contributed by atoms with van der Waals surface area (Å²) in [5.41, 5.74) is 2.27. The van der Waals surface area contributed by atoms with Crippen molar-refractivity contribution in [3.63, 3.8) is 0 Å². The smallest absolute Gasteiger partial charge is 0.345 e. The first-order valence-corrected chi connectivity index (χ1v) is 7.28. The minimum Gasteiger partial charge on any atom is -0.489 e. The van der Waals surface area contributed by atoms with Crippen LogP contribution in [0.3, 0.4) is 0 Å². The number of aromatic carboxylic acids is 1. The van der Waals surface area contributed by atoms with Crippen molar-refractivity contribution >= 4 is 17.3 Å². The summed E-state index contributed by atoms with van der Waals surface area (Å²) in [7, 11) is 0. The van der Waals surface area contributed by atoms with Crippen LogP contribution in [0.5, 0.6) is 5.75 Å². The highest BCUT2D eigenvalue weighted by Gasteiger charge is 2.13. The molecule has 4 heteroatoms. The molecule has 1 aromatic carbocycles. The molecule has 1 aromatic heterocycles. The van der Waals surface area contributed by atoms with E-state index >= 15 is 0 Å². The largest absolute Gasteiger partial charge is 0.489 e. The summed E-state index contributed by atoms with van der Waals surface area (Å²) in [6, 6.07) is 9.67. The topological polar surface area (TPSA) is 46.5 Å². The first kappa shape index (κ1) is 14.6. The van der Waals surface area contributed by atoms with Crippen molar-refractivity contribution in [2.45, 2.75) is 32.8 Å². The second kappa shape index (κ2) is 5.67. The summed E-state index contributed by atoms with van der Waals surface area (Å²) in [4.78, 5) is 11.1. The fraction of sp³-hybridized carbons (Fsp3) is 0.312. The molecule has 0 bridgehead atoms. The van der Waals surface area contributed by atoms with Gasteiger partial charge < -0.3 is 9.84 Å². The van der Waals surface area contributed by atoms with Crippen LogP contribution < -0.4 is 4.74 Å². The molecule has 2 aromatic rings. The lowest BCUT2D eigenvalue weighted by atomic mass is 9.87. The van der Waals surface area contributed by atoms with Gasteiger partial charge in [0.2, 0.25) is 0 Å². The Morgan fingerprint density at radius 2 is 1.90 bits per heavy atom. The Kier molecular flexibility index (Phi) is 4.14. The standard InChI is InChI=1S/C16H18O3S/c1-16(2,3)12-4-6-13(7-5-12)19-9-11-8-14(15(17)18)20-10-11/h4-8,10H,9H2,1-3H3,(H,17,18). The molecule has 0 radical (unpaired) electrons. The Morgan fingerprint density at radius 1 is 1.25 bits per heavy atom. The van der Waals surface area contributed by atoms with Gasteiger partial charge in [-0.3, -0.25) is 0 Å². The van der Waals surface area contributed by atoms with Gasteiger partial charge in [-0.05, 0) is 34.6 Å². The van der Waals surface area contributed by atoms with Crippen LogP contribution in [0.15, 0.2) is 35.7 Å². The van der Waals surface area contributed by atoms with Crippen molar-refractivity contribution in [3.05, 3.63) is 51.7 Å². The zero-order chi connectivity index (χ0) is 14.8. The maximum atomic E-state index is 10.8. The number of carboxylic acid groups (broad SMARTS) is 1. The zero-order valence-corrected chi connectivity index (χ0v) is 12.7. The third kappa shape index (κ3) is 3.61. The van der Waals surface area contributed by atoms with E-state index < -0.39 is 5.97 Å². The molecular weight excluding hydrogens is 272 g/mol. The van der Waals surface area contributed by atoms with Crippen molar-refractivity contribution in [2.24, 2.45) is 0 Å². The number of carbonyl (C=O) groups is 1. The molecule has 0 spiro atoms. The highest BCUT2D eigenvalue weighted by Crippen LogP contribution is 2.25. The predicted molar refractivity (Wildman–Crippen MR) is 80.8 cm³/mol. The molecule has 0 unspecified atom stereocenters. The maximum Gasteiger partial charge on any atom is 0.345 e. The van der Waals surface area contributed by atoms with Crippen molar-refractivity contribution in [1.29, 1.82) is 0 Å². The van der Waals surface area contributed by atoms with Gasteiger partial charge in [0.05, 0.1) is 0 Å². The molecule has 0 aliphatic rings. The van der Waals surface area contributed by atoms with Gasteiger partial charge in [-0.1, -0.05) is 32.9 Å². The molecule has 1 heterocycles. The minimum atomic E-state index is -0.893. The first-order chi connectivity index (χ1) is 9.36. The van der Waals surface area contributed by atoms with E-state index in [0.29, 0.717) is 11.5 Å². The predicted octanol–water partition coefficient (Wildman–Crippen LogP) is 4.32. The molecule has 1 N–H and O–H groups in total. The van der Waals surface area contributed by atoms with Gasteiger partial charge in [0.25, 0.3) is 0 Å². The van der Waals surface area contributed by atoms with Crippen LogP contribution in [0.2, 0.25) is 0 Å². The van der Waals surface area contributed by atoms with Crippen LogP contribution in [0.4, 0.5) is 0 Å². The van der Waals surface area contributed by atoms with Crippen molar-refractivity contribution in [2.75, 3.05) is 0 Å². The molecule has 0 saturated heterocycles. The monoisotopic (exact) mass is 290 g/mol. The first-order valence-electron chi connectivity index (χ1n) is 6.40. The van der Waals surface area contributed by atoms with Gasteiger partial charge in [0, 0.05) is 5.56 Å². The van der Waals surface area contributed by atoms with E-state index in [0.717, 1.165) is 11.3 Å². The van der Waals surface area contributed by atoms with Crippen LogP contribution in [0.25, 0.3) is 0 Å². The van der Waals surface area contributed by atoms with Gasteiger partial charge in [-0.25, -0.2) is 4.79 Å². The fourth-order valence-electron chi connectivity index (χ4n) is 1.78. The van der Waals surface area contributed by atoms with Crippen molar-refractivity contribution < 1.29 is 14.6 Å². The third-order valence-corrected chi connectivity index (χ3v) is 3.96. The molecule has 3 nitrogen and oxygen atoms in total. The summed E-state index contributed by atoms with van der Waals surface area (Å²) in [6.07, 6.45) is 0. The summed E-state index contributed by atoms with van der Waals surface area (Å²) in [6.45, 7) is 6.89. The van der Waals surface area contributed by atoms with E-state index in [1.807, 2.05) is 17.5 Å². The number of hydrogen-bond acceptors (Lipinski definition) is 3. The lowest BCUT2D eigenvalue weighted by Gasteiger charge is -2.19. The van der Waals surface area contributed by atoms with Crippen LogP contribution in [-0.4, -0.2) is 11.1 Å². The summed E-state index contributed by atoms with van der Waals surface area (Å²) in [5, 5.41) is 10.7. The Morgan fingerprint density at radius 3 is 2.40 bits per heavy atom. The van der Waals surface area contributed by atoms with Crippen LogP contribution in [-0.2, 0) is 12.0 Å². The SMILES string of the molecule is CC(C)(C)c1ccc(OCc2csc(C(=O)O)c2)cc1. The van der Waals surface area contributed by atoms with E-state index in [1.54, 1.807) is 6.07 Å². The molecule has 0 saturated carbocycles. The number of carboxylic acids is 1. The Bertz CT molecular complexity index is 591. The van der Waals surface area contributed by atoms with Crippen molar-refractivity contribution in [3.8, 4) is 5.75 Å². The maximum absolute atomic E-state index is 10.8. The van der Waals surface area contributed by atoms with E-state index in [-0.39, 0.29) is 5.41 Å². The molecule has 106 valence electrons. The third-order valence-electron chi connectivity index (χ3n) is 2.99. The number of rotatable bonds is 4. The van der Waals surface area contributed by atoms with E-state index in [2.05, 4.69) is 32.9 Å². The molecule has 2 rings (SSSR count). The Balaban J connectivity index is 1.98. The quantitative estimate of drug-likeness (QED) is 0.912. The van der Waals surface area contributed by atoms with Gasteiger partial charge in [0.1, 0.15) is 17.2 Å². The number of benzene rings is 1. The summed E-state index contributed by atoms with van der Waals surface area (Å²) < 4.78 is 5.67. The molecule has 0 fully saturated rings. The van der Waals surface area contributed by atoms with Crippen LogP contribution in [0.1, 0.15) is 41.6 Å². The number of ether oxygens (including phenoxy) is 1. The summed E-state index contributed by atoms with van der Waals surface area (Å²) in [5.74, 6) is -0.100. The van der Waals surface area contributed by atoms with Crippen LogP contribution >= 0.6 is 11.3 Å². The van der Waals surface area contributed by atoms with Gasteiger partial charge in [-0.15, -0.1) is 11.3 Å². The molecule has 20 heavy (non-hydrogen) atoms. The van der Waals surface area contributed by atoms with Gasteiger partial charge in [-0.2, -0.15) is 0 Å². The van der Waals surface area contributed by atoms with Gasteiger partial charge >= 0.3 is 5.97 Å².